The predicted octanol–water partition coefficient (Wildman–Crippen LogP) is 12.7. The molecule has 9 aromatic carbocycles. The Morgan fingerprint density at radius 2 is 0.760 bits per heavy atom. The van der Waals surface area contributed by atoms with Crippen LogP contribution in [0.5, 0.6) is 0 Å². The van der Waals surface area contributed by atoms with E-state index in [2.05, 4.69) is 133 Å². The molecule has 0 radical (unpaired) electrons. The van der Waals surface area contributed by atoms with Crippen LogP contribution in [0.2, 0.25) is 0 Å². The minimum Gasteiger partial charge on any atom is -0.192 e. The quantitative estimate of drug-likeness (QED) is 0.182. The van der Waals surface area contributed by atoms with Crippen LogP contribution in [0.1, 0.15) is 11.1 Å². The van der Waals surface area contributed by atoms with Crippen molar-refractivity contribution < 1.29 is 0 Å². The van der Waals surface area contributed by atoms with Gasteiger partial charge in [-0.2, -0.15) is 10.5 Å². The first-order chi connectivity index (χ1) is 24.7. The summed E-state index contributed by atoms with van der Waals surface area (Å²) in [5, 5.41) is 29.1. The van der Waals surface area contributed by atoms with Crippen LogP contribution in [-0.4, -0.2) is 0 Å². The van der Waals surface area contributed by atoms with Gasteiger partial charge >= 0.3 is 0 Å². The molecule has 50 heavy (non-hydrogen) atoms. The van der Waals surface area contributed by atoms with Crippen LogP contribution >= 0.6 is 0 Å². The van der Waals surface area contributed by atoms with E-state index in [0.717, 1.165) is 54.6 Å². The molecular formula is C48H26N2. The third kappa shape index (κ3) is 4.07. The molecule has 0 unspecified atom stereocenters. The van der Waals surface area contributed by atoms with Crippen molar-refractivity contribution in [2.24, 2.45) is 0 Å². The van der Waals surface area contributed by atoms with E-state index in [1.165, 1.54) is 44.2 Å². The van der Waals surface area contributed by atoms with Crippen LogP contribution in [0.15, 0.2) is 158 Å². The van der Waals surface area contributed by atoms with Gasteiger partial charge in [0.05, 0.1) is 23.3 Å². The van der Waals surface area contributed by atoms with E-state index in [9.17, 15) is 10.5 Å². The van der Waals surface area contributed by atoms with Crippen LogP contribution < -0.4 is 0 Å². The van der Waals surface area contributed by atoms with Gasteiger partial charge in [-0.3, -0.25) is 0 Å². The number of hydrogen-bond acceptors (Lipinski definition) is 2. The molecule has 2 nitrogen and oxygen atoms in total. The maximum absolute atomic E-state index is 9.86. The molecule has 0 amide bonds. The van der Waals surface area contributed by atoms with Crippen molar-refractivity contribution in [1.82, 2.24) is 0 Å². The lowest BCUT2D eigenvalue weighted by molar-refractivity contribution is 1.48. The molecule has 0 spiro atoms. The molecule has 0 heterocycles. The molecule has 1 aliphatic carbocycles. The molecule has 1 aliphatic rings. The highest BCUT2D eigenvalue weighted by molar-refractivity contribution is 6.27. The molecule has 0 saturated carbocycles. The summed E-state index contributed by atoms with van der Waals surface area (Å²) < 4.78 is 0. The summed E-state index contributed by atoms with van der Waals surface area (Å²) in [6.45, 7) is 0. The summed E-state index contributed by atoms with van der Waals surface area (Å²) in [6, 6.07) is 60.3. The normalized spacial score (nSPS) is 11.6. The Balaban J connectivity index is 1.34. The Labute approximate surface area is 289 Å². The van der Waals surface area contributed by atoms with Crippen molar-refractivity contribution in [3.05, 3.63) is 169 Å². The van der Waals surface area contributed by atoms with Crippen LogP contribution in [0.25, 0.3) is 98.7 Å². The van der Waals surface area contributed by atoms with Crippen molar-refractivity contribution in [3.63, 3.8) is 0 Å². The van der Waals surface area contributed by atoms with Crippen molar-refractivity contribution in [2.75, 3.05) is 0 Å². The van der Waals surface area contributed by atoms with Gasteiger partial charge in [-0.15, -0.1) is 0 Å². The van der Waals surface area contributed by atoms with Gasteiger partial charge in [0, 0.05) is 0 Å². The zero-order chi connectivity index (χ0) is 33.3. The van der Waals surface area contributed by atoms with Gasteiger partial charge in [-0.1, -0.05) is 109 Å². The molecule has 0 saturated heterocycles. The van der Waals surface area contributed by atoms with Gasteiger partial charge in [0.25, 0.3) is 0 Å². The molecule has 0 atom stereocenters. The van der Waals surface area contributed by atoms with E-state index in [1.807, 2.05) is 36.4 Å². The lowest BCUT2D eigenvalue weighted by atomic mass is 9.85. The molecule has 0 N–H and O–H groups in total. The lowest BCUT2D eigenvalue weighted by Crippen LogP contribution is -1.91. The van der Waals surface area contributed by atoms with Crippen molar-refractivity contribution in [3.8, 4) is 67.8 Å². The Morgan fingerprint density at radius 1 is 0.280 bits per heavy atom. The fourth-order valence-electron chi connectivity index (χ4n) is 8.20. The summed E-state index contributed by atoms with van der Waals surface area (Å²) in [5.74, 6) is 0. The Hall–Kier alpha value is -7.00. The molecule has 9 aromatic rings. The average molecular weight is 631 g/mol. The first-order valence-electron chi connectivity index (χ1n) is 16.8. The van der Waals surface area contributed by atoms with Crippen molar-refractivity contribution >= 4 is 43.1 Å². The van der Waals surface area contributed by atoms with Crippen molar-refractivity contribution in [1.29, 1.82) is 10.5 Å². The number of nitrogens with zero attached hydrogens (tertiary/aromatic N) is 2. The topological polar surface area (TPSA) is 47.6 Å². The Morgan fingerprint density at radius 3 is 1.46 bits per heavy atom. The molecule has 0 fully saturated rings. The maximum Gasteiger partial charge on any atom is 0.0991 e. The monoisotopic (exact) mass is 630 g/mol. The second kappa shape index (κ2) is 10.8. The minimum atomic E-state index is 0.639. The average Bonchev–Trinajstić information content (AvgIpc) is 3.50. The second-order valence-corrected chi connectivity index (χ2v) is 13.1. The molecule has 0 aliphatic heterocycles. The van der Waals surface area contributed by atoms with E-state index >= 15 is 0 Å². The van der Waals surface area contributed by atoms with Crippen LogP contribution in [0.3, 0.4) is 0 Å². The molecule has 228 valence electrons. The minimum absolute atomic E-state index is 0.639. The number of rotatable bonds is 3. The van der Waals surface area contributed by atoms with Crippen LogP contribution in [0, 0.1) is 22.7 Å². The lowest BCUT2D eigenvalue weighted by Gasteiger charge is -2.18. The highest BCUT2D eigenvalue weighted by atomic mass is 14.3. The van der Waals surface area contributed by atoms with E-state index in [1.54, 1.807) is 0 Å². The zero-order valence-electron chi connectivity index (χ0n) is 26.9. The molecule has 10 rings (SSSR count). The van der Waals surface area contributed by atoms with E-state index in [-0.39, 0.29) is 0 Å². The summed E-state index contributed by atoms with van der Waals surface area (Å²) in [5.41, 5.74) is 12.9. The molecular weight excluding hydrogens is 605 g/mol. The summed E-state index contributed by atoms with van der Waals surface area (Å²) >= 11 is 0. The predicted molar refractivity (Wildman–Crippen MR) is 207 cm³/mol. The van der Waals surface area contributed by atoms with Crippen molar-refractivity contribution in [2.45, 2.75) is 0 Å². The smallest absolute Gasteiger partial charge is 0.0991 e. The Kier molecular flexibility index (Phi) is 6.04. The third-order valence-corrected chi connectivity index (χ3v) is 10.4. The second-order valence-electron chi connectivity index (χ2n) is 13.1. The van der Waals surface area contributed by atoms with Gasteiger partial charge in [0.1, 0.15) is 0 Å². The van der Waals surface area contributed by atoms with Gasteiger partial charge in [-0.05, 0) is 147 Å². The first kappa shape index (κ1) is 28.1. The highest BCUT2D eigenvalue weighted by Crippen LogP contribution is 2.52. The first-order valence-corrected chi connectivity index (χ1v) is 16.8. The third-order valence-electron chi connectivity index (χ3n) is 10.4. The Bertz CT molecular complexity index is 2990. The largest absolute Gasteiger partial charge is 0.192 e. The summed E-state index contributed by atoms with van der Waals surface area (Å²) in [7, 11) is 0. The molecule has 0 aromatic heterocycles. The summed E-state index contributed by atoms with van der Waals surface area (Å²) in [6.07, 6.45) is 0. The SMILES string of the molecule is N#Cc1cccc(-c2cc3c4cc5c(cc4c(-c4cccc(C#N)c4)cc3c3ccccc23)-c2ccc(-c3ccccc3)c3cccc-5c23)c1. The molecule has 2 heteroatoms. The van der Waals surface area contributed by atoms with Crippen LogP contribution in [-0.2, 0) is 0 Å². The number of nitriles is 2. The molecule has 0 bridgehead atoms. The number of benzene rings is 9. The number of fused-ring (bicyclic) bond motifs is 8. The van der Waals surface area contributed by atoms with Gasteiger partial charge < -0.3 is 0 Å². The van der Waals surface area contributed by atoms with E-state index < -0.39 is 0 Å². The fourth-order valence-corrected chi connectivity index (χ4v) is 8.20. The van der Waals surface area contributed by atoms with E-state index in [4.69, 9.17) is 0 Å². The van der Waals surface area contributed by atoms with Gasteiger partial charge in [0.2, 0.25) is 0 Å². The summed E-state index contributed by atoms with van der Waals surface area (Å²) in [4.78, 5) is 0. The highest BCUT2D eigenvalue weighted by Gasteiger charge is 2.25. The van der Waals surface area contributed by atoms with E-state index in [0.29, 0.717) is 11.1 Å². The zero-order valence-corrected chi connectivity index (χ0v) is 26.9. The van der Waals surface area contributed by atoms with Crippen LogP contribution in [0.4, 0.5) is 0 Å². The number of hydrogen-bond donors (Lipinski definition) is 0. The van der Waals surface area contributed by atoms with Gasteiger partial charge in [-0.25, -0.2) is 0 Å². The maximum atomic E-state index is 9.86. The fraction of sp³-hybridized carbons (Fsp3) is 0. The van der Waals surface area contributed by atoms with Gasteiger partial charge in [0.15, 0.2) is 0 Å². The standard InChI is InChI=1S/C48H26N2/c49-27-29-9-6-13-32(21-29)40-23-46-42(36-16-5-4-15-35(36)40)24-41(33-14-7-10-30(22-33)28-50)45-25-44-39-20-19-34(31-11-2-1-3-12-31)37-17-8-18-38(48(37)39)43(44)26-47(45)46/h1-26H.